The van der Waals surface area contributed by atoms with Crippen molar-refractivity contribution in [3.63, 3.8) is 0 Å². The zero-order chi connectivity index (χ0) is 15.6. The summed E-state index contributed by atoms with van der Waals surface area (Å²) in [4.78, 5) is 19.0. The topological polar surface area (TPSA) is 77.0 Å². The van der Waals surface area contributed by atoms with Gasteiger partial charge in [-0.1, -0.05) is 12.8 Å². The Kier molecular flexibility index (Phi) is 7.96. The highest BCUT2D eigenvalue weighted by Gasteiger charge is 2.40. The summed E-state index contributed by atoms with van der Waals surface area (Å²) in [5, 5.41) is 4.18. The summed E-state index contributed by atoms with van der Waals surface area (Å²) < 4.78 is 1.87. The average Bonchev–Trinajstić information content (AvgIpc) is 2.99. The molecular formula is C16H29Cl2N5O. The number of halogens is 2. The van der Waals surface area contributed by atoms with Crippen molar-refractivity contribution in [1.82, 2.24) is 19.7 Å². The van der Waals surface area contributed by atoms with Crippen LogP contribution in [0.25, 0.3) is 0 Å². The third-order valence-electron chi connectivity index (χ3n) is 5.29. The number of nitrogens with zero attached hydrogens (tertiary/aromatic N) is 4. The Balaban J connectivity index is 0.00000144. The molecule has 0 aromatic carbocycles. The summed E-state index contributed by atoms with van der Waals surface area (Å²) in [6, 6.07) is 0. The second kappa shape index (κ2) is 9.02. The van der Waals surface area contributed by atoms with Crippen molar-refractivity contribution in [2.45, 2.75) is 57.5 Å². The summed E-state index contributed by atoms with van der Waals surface area (Å²) in [7, 11) is 0. The molecule has 1 aliphatic heterocycles. The summed E-state index contributed by atoms with van der Waals surface area (Å²) in [6.07, 6.45) is 9.70. The molecule has 24 heavy (non-hydrogen) atoms. The van der Waals surface area contributed by atoms with Gasteiger partial charge in [0.1, 0.15) is 12.7 Å². The Morgan fingerprint density at radius 3 is 2.75 bits per heavy atom. The minimum atomic E-state index is -0.339. The lowest BCUT2D eigenvalue weighted by Crippen LogP contribution is -2.55. The van der Waals surface area contributed by atoms with Gasteiger partial charge in [-0.25, -0.2) is 4.98 Å². The van der Waals surface area contributed by atoms with E-state index in [1.54, 1.807) is 12.7 Å². The SMILES string of the molecule is CC1(N)CCCCC1C(=O)N1CCCC(Cn2cncn2)C1.Cl.Cl. The van der Waals surface area contributed by atoms with E-state index in [-0.39, 0.29) is 42.2 Å². The molecule has 138 valence electrons. The van der Waals surface area contributed by atoms with Crippen LogP contribution in [0.1, 0.15) is 45.4 Å². The van der Waals surface area contributed by atoms with Crippen molar-refractivity contribution in [2.24, 2.45) is 17.6 Å². The molecule has 6 nitrogen and oxygen atoms in total. The summed E-state index contributed by atoms with van der Waals surface area (Å²) in [5.41, 5.74) is 6.06. The van der Waals surface area contributed by atoms with Gasteiger partial charge in [-0.05, 0) is 38.5 Å². The van der Waals surface area contributed by atoms with Gasteiger partial charge in [0.2, 0.25) is 5.91 Å². The highest BCUT2D eigenvalue weighted by molar-refractivity contribution is 5.85. The Hall–Kier alpha value is -0.850. The molecule has 0 radical (unpaired) electrons. The number of carbonyl (C=O) groups is 1. The van der Waals surface area contributed by atoms with E-state index in [1.165, 1.54) is 0 Å². The molecule has 0 bridgehead atoms. The molecule has 2 heterocycles. The largest absolute Gasteiger partial charge is 0.342 e. The second-order valence-corrected chi connectivity index (χ2v) is 7.21. The second-order valence-electron chi connectivity index (χ2n) is 7.21. The first-order valence-corrected chi connectivity index (χ1v) is 8.46. The van der Waals surface area contributed by atoms with Crippen LogP contribution >= 0.6 is 24.8 Å². The van der Waals surface area contributed by atoms with Crippen molar-refractivity contribution < 1.29 is 4.79 Å². The van der Waals surface area contributed by atoms with Gasteiger partial charge in [0.15, 0.2) is 0 Å². The molecule has 2 N–H and O–H groups in total. The van der Waals surface area contributed by atoms with Gasteiger partial charge < -0.3 is 10.6 Å². The van der Waals surface area contributed by atoms with E-state index in [4.69, 9.17) is 5.73 Å². The molecule has 2 fully saturated rings. The summed E-state index contributed by atoms with van der Waals surface area (Å²) >= 11 is 0. The maximum Gasteiger partial charge on any atom is 0.227 e. The molecule has 1 aromatic heterocycles. The van der Waals surface area contributed by atoms with Crippen LogP contribution in [0.5, 0.6) is 0 Å². The highest BCUT2D eigenvalue weighted by Crippen LogP contribution is 2.34. The number of hydrogen-bond donors (Lipinski definition) is 1. The number of piperidine rings is 1. The zero-order valence-corrected chi connectivity index (χ0v) is 15.9. The third-order valence-corrected chi connectivity index (χ3v) is 5.29. The molecule has 3 unspecified atom stereocenters. The van der Waals surface area contributed by atoms with Crippen molar-refractivity contribution in [3.05, 3.63) is 12.7 Å². The van der Waals surface area contributed by atoms with E-state index < -0.39 is 0 Å². The molecule has 0 spiro atoms. The van der Waals surface area contributed by atoms with Gasteiger partial charge in [0, 0.05) is 25.2 Å². The number of aromatic nitrogens is 3. The van der Waals surface area contributed by atoms with Crippen LogP contribution in [-0.4, -0.2) is 44.2 Å². The molecule has 1 aromatic rings. The van der Waals surface area contributed by atoms with E-state index in [1.807, 2.05) is 16.5 Å². The highest BCUT2D eigenvalue weighted by atomic mass is 35.5. The van der Waals surface area contributed by atoms with Crippen LogP contribution in [0.15, 0.2) is 12.7 Å². The smallest absolute Gasteiger partial charge is 0.227 e. The first-order valence-electron chi connectivity index (χ1n) is 8.46. The van der Waals surface area contributed by atoms with Crippen LogP contribution in [0.4, 0.5) is 0 Å². The predicted octanol–water partition coefficient (Wildman–Crippen LogP) is 2.27. The van der Waals surface area contributed by atoms with E-state index in [2.05, 4.69) is 10.1 Å². The summed E-state index contributed by atoms with van der Waals surface area (Å²) in [5.74, 6) is 0.728. The lowest BCUT2D eigenvalue weighted by atomic mass is 9.73. The van der Waals surface area contributed by atoms with Gasteiger partial charge in [-0.15, -0.1) is 24.8 Å². The Labute approximate surface area is 156 Å². The number of nitrogens with two attached hydrogens (primary N) is 1. The molecule has 1 saturated heterocycles. The molecular weight excluding hydrogens is 349 g/mol. The average molecular weight is 378 g/mol. The minimum absolute atomic E-state index is 0. The van der Waals surface area contributed by atoms with E-state index >= 15 is 0 Å². The number of hydrogen-bond acceptors (Lipinski definition) is 4. The fourth-order valence-corrected chi connectivity index (χ4v) is 3.99. The van der Waals surface area contributed by atoms with Crippen LogP contribution in [0, 0.1) is 11.8 Å². The lowest BCUT2D eigenvalue weighted by Gasteiger charge is -2.42. The van der Waals surface area contributed by atoms with Crippen LogP contribution in [0.2, 0.25) is 0 Å². The molecule has 8 heteroatoms. The van der Waals surface area contributed by atoms with Gasteiger partial charge in [-0.3, -0.25) is 9.48 Å². The number of rotatable bonds is 3. The van der Waals surface area contributed by atoms with Gasteiger partial charge in [-0.2, -0.15) is 5.10 Å². The van der Waals surface area contributed by atoms with Crippen LogP contribution in [-0.2, 0) is 11.3 Å². The molecule has 1 amide bonds. The monoisotopic (exact) mass is 377 g/mol. The van der Waals surface area contributed by atoms with Crippen LogP contribution < -0.4 is 5.73 Å². The minimum Gasteiger partial charge on any atom is -0.342 e. The number of carbonyl (C=O) groups excluding carboxylic acids is 1. The predicted molar refractivity (Wildman–Crippen MR) is 98.4 cm³/mol. The first kappa shape index (κ1) is 21.2. The Morgan fingerprint density at radius 1 is 1.29 bits per heavy atom. The van der Waals surface area contributed by atoms with Gasteiger partial charge in [0.25, 0.3) is 0 Å². The van der Waals surface area contributed by atoms with Crippen molar-refractivity contribution in [1.29, 1.82) is 0 Å². The van der Waals surface area contributed by atoms with Crippen molar-refractivity contribution >= 4 is 30.7 Å². The third kappa shape index (κ3) is 4.83. The van der Waals surface area contributed by atoms with Crippen molar-refractivity contribution in [2.75, 3.05) is 13.1 Å². The molecule has 2 aliphatic rings. The number of amides is 1. The maximum absolute atomic E-state index is 12.9. The maximum atomic E-state index is 12.9. The Morgan fingerprint density at radius 2 is 2.08 bits per heavy atom. The zero-order valence-electron chi connectivity index (χ0n) is 14.3. The molecule has 1 aliphatic carbocycles. The number of likely N-dealkylation sites (tertiary alicyclic amines) is 1. The van der Waals surface area contributed by atoms with E-state index in [0.29, 0.717) is 5.92 Å². The van der Waals surface area contributed by atoms with E-state index in [0.717, 1.165) is 58.2 Å². The quantitative estimate of drug-likeness (QED) is 0.875. The molecule has 1 saturated carbocycles. The normalized spacial score (nSPS) is 30.2. The van der Waals surface area contributed by atoms with Gasteiger partial charge in [0.05, 0.1) is 5.92 Å². The van der Waals surface area contributed by atoms with Gasteiger partial charge >= 0.3 is 0 Å². The Bertz CT molecular complexity index is 509. The summed E-state index contributed by atoms with van der Waals surface area (Å²) in [6.45, 7) is 4.59. The van der Waals surface area contributed by atoms with Crippen LogP contribution in [0.3, 0.4) is 0 Å². The van der Waals surface area contributed by atoms with Crippen molar-refractivity contribution in [3.8, 4) is 0 Å². The van der Waals surface area contributed by atoms with E-state index in [9.17, 15) is 4.79 Å². The fourth-order valence-electron chi connectivity index (χ4n) is 3.99. The lowest BCUT2D eigenvalue weighted by molar-refractivity contribution is -0.140. The fraction of sp³-hybridized carbons (Fsp3) is 0.812. The molecule has 3 rings (SSSR count). The molecule has 3 atom stereocenters. The standard InChI is InChI=1S/C16H27N5O.2ClH/c1-16(17)7-3-2-6-14(16)15(22)20-8-4-5-13(9-20)10-21-12-18-11-19-21;;/h11-14H,2-10,17H2,1H3;2*1H. The first-order chi connectivity index (χ1) is 10.6.